The van der Waals surface area contributed by atoms with Crippen LogP contribution in [0.25, 0.3) is 0 Å². The molecule has 0 aromatic heterocycles. The number of rotatable bonds is 4. The summed E-state index contributed by atoms with van der Waals surface area (Å²) in [6, 6.07) is 9.75. The first kappa shape index (κ1) is 16.6. The number of ether oxygens (including phenoxy) is 1. The standard InChI is InChI=1S/C19H24O3/c1-13-15(18(2,3)4)17(21)19(5,16(13)20)12-22-11-14-9-7-6-8-10-14/h6-10H,11-12H2,1-5H3/t19-/m0/s1. The molecule has 0 amide bonds. The van der Waals surface area contributed by atoms with Crippen LogP contribution in [-0.4, -0.2) is 18.2 Å². The highest BCUT2D eigenvalue weighted by atomic mass is 16.5. The van der Waals surface area contributed by atoms with Crippen molar-refractivity contribution in [2.45, 2.75) is 41.2 Å². The molecular formula is C19H24O3. The summed E-state index contributed by atoms with van der Waals surface area (Å²) in [6.07, 6.45) is 0. The summed E-state index contributed by atoms with van der Waals surface area (Å²) >= 11 is 0. The molecule has 0 saturated heterocycles. The number of carbonyl (C=O) groups is 2. The van der Waals surface area contributed by atoms with Gasteiger partial charge >= 0.3 is 0 Å². The maximum Gasteiger partial charge on any atom is 0.175 e. The maximum atomic E-state index is 12.8. The predicted octanol–water partition coefficient (Wildman–Crippen LogP) is 3.72. The number of carbonyl (C=O) groups excluding carboxylic acids is 2. The average molecular weight is 300 g/mol. The molecule has 0 heterocycles. The van der Waals surface area contributed by atoms with Gasteiger partial charge in [0.25, 0.3) is 0 Å². The van der Waals surface area contributed by atoms with E-state index in [4.69, 9.17) is 4.74 Å². The second-order valence-corrected chi connectivity index (χ2v) is 7.22. The van der Waals surface area contributed by atoms with Crippen LogP contribution in [0.15, 0.2) is 41.5 Å². The largest absolute Gasteiger partial charge is 0.375 e. The highest BCUT2D eigenvalue weighted by Crippen LogP contribution is 2.43. The molecule has 3 heteroatoms. The predicted molar refractivity (Wildman–Crippen MR) is 86.4 cm³/mol. The van der Waals surface area contributed by atoms with Crippen LogP contribution in [0.3, 0.4) is 0 Å². The van der Waals surface area contributed by atoms with Crippen LogP contribution >= 0.6 is 0 Å². The van der Waals surface area contributed by atoms with Gasteiger partial charge in [-0.1, -0.05) is 51.1 Å². The van der Waals surface area contributed by atoms with Gasteiger partial charge in [0.05, 0.1) is 13.2 Å². The maximum absolute atomic E-state index is 12.8. The van der Waals surface area contributed by atoms with Crippen molar-refractivity contribution < 1.29 is 14.3 Å². The second kappa shape index (κ2) is 5.81. The fourth-order valence-corrected chi connectivity index (χ4v) is 3.06. The summed E-state index contributed by atoms with van der Waals surface area (Å²) in [4.78, 5) is 25.4. The van der Waals surface area contributed by atoms with Crippen LogP contribution in [0.1, 0.15) is 40.2 Å². The first-order chi connectivity index (χ1) is 10.2. The summed E-state index contributed by atoms with van der Waals surface area (Å²) in [6.45, 7) is 9.88. The minimum atomic E-state index is -1.08. The van der Waals surface area contributed by atoms with Gasteiger partial charge in [0.1, 0.15) is 5.41 Å². The van der Waals surface area contributed by atoms with E-state index in [0.29, 0.717) is 17.8 Å². The van der Waals surface area contributed by atoms with E-state index in [-0.39, 0.29) is 23.6 Å². The van der Waals surface area contributed by atoms with Gasteiger partial charge in [-0.15, -0.1) is 0 Å². The molecule has 1 aliphatic rings. The lowest BCUT2D eigenvalue weighted by Gasteiger charge is -2.25. The summed E-state index contributed by atoms with van der Waals surface area (Å²) in [5.74, 6) is -0.189. The molecule has 1 aliphatic carbocycles. The molecule has 118 valence electrons. The van der Waals surface area contributed by atoms with Crippen molar-refractivity contribution in [3.05, 3.63) is 47.0 Å². The Morgan fingerprint density at radius 3 is 2.14 bits per heavy atom. The van der Waals surface area contributed by atoms with Gasteiger partial charge in [-0.3, -0.25) is 9.59 Å². The first-order valence-corrected chi connectivity index (χ1v) is 7.60. The van der Waals surface area contributed by atoms with Crippen LogP contribution in [0.5, 0.6) is 0 Å². The first-order valence-electron chi connectivity index (χ1n) is 7.60. The third-order valence-corrected chi connectivity index (χ3v) is 4.20. The average Bonchev–Trinajstić information content (AvgIpc) is 2.61. The quantitative estimate of drug-likeness (QED) is 0.796. The van der Waals surface area contributed by atoms with E-state index in [1.807, 2.05) is 51.1 Å². The summed E-state index contributed by atoms with van der Waals surface area (Å²) < 4.78 is 5.69. The third kappa shape index (κ3) is 2.91. The van der Waals surface area contributed by atoms with Crippen molar-refractivity contribution in [2.75, 3.05) is 6.61 Å². The topological polar surface area (TPSA) is 43.4 Å². The molecule has 0 bridgehead atoms. The zero-order valence-corrected chi connectivity index (χ0v) is 14.0. The summed E-state index contributed by atoms with van der Waals surface area (Å²) in [7, 11) is 0. The molecule has 0 spiro atoms. The van der Waals surface area contributed by atoms with Crippen LogP contribution in [-0.2, 0) is 20.9 Å². The van der Waals surface area contributed by atoms with E-state index >= 15 is 0 Å². The van der Waals surface area contributed by atoms with Gasteiger partial charge in [-0.25, -0.2) is 0 Å². The molecule has 1 atom stereocenters. The molecule has 22 heavy (non-hydrogen) atoms. The van der Waals surface area contributed by atoms with Crippen LogP contribution in [0.4, 0.5) is 0 Å². The zero-order chi connectivity index (χ0) is 16.5. The lowest BCUT2D eigenvalue weighted by atomic mass is 9.79. The Balaban J connectivity index is 2.12. The van der Waals surface area contributed by atoms with Gasteiger partial charge < -0.3 is 4.74 Å². The third-order valence-electron chi connectivity index (χ3n) is 4.20. The molecule has 0 unspecified atom stereocenters. The highest BCUT2D eigenvalue weighted by molar-refractivity contribution is 6.27. The van der Waals surface area contributed by atoms with Gasteiger partial charge in [0.2, 0.25) is 0 Å². The summed E-state index contributed by atoms with van der Waals surface area (Å²) in [5, 5.41) is 0. The lowest BCUT2D eigenvalue weighted by Crippen LogP contribution is -2.37. The fraction of sp³-hybridized carbons (Fsp3) is 0.474. The van der Waals surface area contributed by atoms with Gasteiger partial charge in [-0.05, 0) is 24.8 Å². The molecule has 0 N–H and O–H groups in total. The van der Waals surface area contributed by atoms with E-state index in [0.717, 1.165) is 5.56 Å². The van der Waals surface area contributed by atoms with E-state index in [2.05, 4.69) is 0 Å². The fourth-order valence-electron chi connectivity index (χ4n) is 3.06. The van der Waals surface area contributed by atoms with Crippen molar-refractivity contribution in [3.63, 3.8) is 0 Å². The van der Waals surface area contributed by atoms with E-state index < -0.39 is 5.41 Å². The van der Waals surface area contributed by atoms with Crippen LogP contribution in [0.2, 0.25) is 0 Å². The zero-order valence-electron chi connectivity index (χ0n) is 14.0. The number of hydrogen-bond acceptors (Lipinski definition) is 3. The van der Waals surface area contributed by atoms with Crippen molar-refractivity contribution in [2.24, 2.45) is 10.8 Å². The van der Waals surface area contributed by atoms with Crippen molar-refractivity contribution >= 4 is 11.6 Å². The van der Waals surface area contributed by atoms with Gasteiger partial charge in [0.15, 0.2) is 11.6 Å². The highest BCUT2D eigenvalue weighted by Gasteiger charge is 2.52. The Morgan fingerprint density at radius 2 is 1.64 bits per heavy atom. The van der Waals surface area contributed by atoms with E-state index in [1.54, 1.807) is 13.8 Å². The minimum Gasteiger partial charge on any atom is -0.375 e. The van der Waals surface area contributed by atoms with E-state index in [9.17, 15) is 9.59 Å². The number of hydrogen-bond donors (Lipinski definition) is 0. The number of ketones is 2. The molecule has 0 saturated carbocycles. The Kier molecular flexibility index (Phi) is 4.39. The van der Waals surface area contributed by atoms with Crippen molar-refractivity contribution in [1.82, 2.24) is 0 Å². The number of allylic oxidation sites excluding steroid dienone is 2. The Hall–Kier alpha value is -1.74. The minimum absolute atomic E-state index is 0.0874. The molecule has 0 aliphatic heterocycles. The van der Waals surface area contributed by atoms with Crippen molar-refractivity contribution in [3.8, 4) is 0 Å². The molecule has 0 fully saturated rings. The van der Waals surface area contributed by atoms with Gasteiger partial charge in [-0.2, -0.15) is 0 Å². The van der Waals surface area contributed by atoms with Gasteiger partial charge in [0, 0.05) is 11.1 Å². The molecule has 1 aromatic rings. The monoisotopic (exact) mass is 300 g/mol. The molecule has 2 rings (SSSR count). The lowest BCUT2D eigenvalue weighted by molar-refractivity contribution is -0.137. The molecule has 0 radical (unpaired) electrons. The summed E-state index contributed by atoms with van der Waals surface area (Å²) in [5.41, 5.74) is 0.853. The van der Waals surface area contributed by atoms with Crippen molar-refractivity contribution in [1.29, 1.82) is 0 Å². The normalized spacial score (nSPS) is 22.6. The Morgan fingerprint density at radius 1 is 1.05 bits per heavy atom. The van der Waals surface area contributed by atoms with E-state index in [1.165, 1.54) is 0 Å². The second-order valence-electron chi connectivity index (χ2n) is 7.22. The number of benzene rings is 1. The Bertz CT molecular complexity index is 620. The smallest absolute Gasteiger partial charge is 0.175 e. The van der Waals surface area contributed by atoms with Crippen LogP contribution in [0, 0.1) is 10.8 Å². The SMILES string of the molecule is CC1=C(C(C)(C)C)C(=O)[C@@](C)(COCc2ccccc2)C1=O. The molecule has 1 aromatic carbocycles. The molecule has 3 nitrogen and oxygen atoms in total. The molecular weight excluding hydrogens is 276 g/mol. The Labute approximate surface area is 132 Å². The number of Topliss-reactive ketones (excluding diaryl/α,β-unsaturated/α-hetero) is 2. The van der Waals surface area contributed by atoms with Crippen LogP contribution < -0.4 is 0 Å².